The summed E-state index contributed by atoms with van der Waals surface area (Å²) in [6.07, 6.45) is 0.202. The molecule has 0 aliphatic carbocycles. The number of amides is 1. The minimum atomic E-state index is -1.30. The molecule has 8 heteroatoms. The Balaban J connectivity index is 2.62. The number of non-ortho nitro benzene ring substituents is 1. The standard InChI is InChI=1S/C14H16N2O6/c1-4-9(12(17)18)15-10-6-5-8(16(20)21)7-11(10)22-14(2,3)13(15)19/h5-7,9H,4H2,1-3H3,(H,17,18). The highest BCUT2D eigenvalue weighted by Gasteiger charge is 2.45. The van der Waals surface area contributed by atoms with Crippen molar-refractivity contribution in [1.82, 2.24) is 0 Å². The molecule has 1 aromatic rings. The third-order valence-corrected chi connectivity index (χ3v) is 3.50. The third kappa shape index (κ3) is 2.47. The Bertz CT molecular complexity index is 655. The van der Waals surface area contributed by atoms with E-state index in [0.717, 1.165) is 4.90 Å². The van der Waals surface area contributed by atoms with Crippen molar-refractivity contribution in [3.63, 3.8) is 0 Å². The van der Waals surface area contributed by atoms with Crippen molar-refractivity contribution < 1.29 is 24.4 Å². The van der Waals surface area contributed by atoms with Crippen LogP contribution in [0.25, 0.3) is 0 Å². The Kier molecular flexibility index (Phi) is 3.78. The second-order valence-corrected chi connectivity index (χ2v) is 5.46. The molecule has 2 rings (SSSR count). The van der Waals surface area contributed by atoms with Crippen molar-refractivity contribution in [3.05, 3.63) is 28.3 Å². The molecule has 1 aliphatic heterocycles. The zero-order valence-electron chi connectivity index (χ0n) is 12.4. The lowest BCUT2D eigenvalue weighted by Crippen LogP contribution is -2.57. The molecule has 1 unspecified atom stereocenters. The van der Waals surface area contributed by atoms with E-state index >= 15 is 0 Å². The summed E-state index contributed by atoms with van der Waals surface area (Å²) in [6, 6.07) is 2.70. The predicted octanol–water partition coefficient (Wildman–Crippen LogP) is 1.96. The maximum absolute atomic E-state index is 12.5. The molecule has 0 fully saturated rings. The first-order valence-corrected chi connectivity index (χ1v) is 6.73. The lowest BCUT2D eigenvalue weighted by atomic mass is 10.0. The van der Waals surface area contributed by atoms with Gasteiger partial charge >= 0.3 is 5.97 Å². The fourth-order valence-corrected chi connectivity index (χ4v) is 2.39. The molecule has 0 bridgehead atoms. The maximum atomic E-state index is 12.5. The number of carbonyl (C=O) groups is 2. The van der Waals surface area contributed by atoms with Gasteiger partial charge in [0.05, 0.1) is 16.7 Å². The number of nitro benzene ring substituents is 1. The van der Waals surface area contributed by atoms with Crippen LogP contribution in [-0.2, 0) is 9.59 Å². The van der Waals surface area contributed by atoms with Crippen molar-refractivity contribution >= 4 is 23.3 Å². The van der Waals surface area contributed by atoms with Gasteiger partial charge < -0.3 is 9.84 Å². The van der Waals surface area contributed by atoms with Gasteiger partial charge in [-0.15, -0.1) is 0 Å². The lowest BCUT2D eigenvalue weighted by molar-refractivity contribution is -0.385. The molecule has 22 heavy (non-hydrogen) atoms. The van der Waals surface area contributed by atoms with Gasteiger partial charge in [-0.1, -0.05) is 6.92 Å². The summed E-state index contributed by atoms with van der Waals surface area (Å²) < 4.78 is 5.54. The summed E-state index contributed by atoms with van der Waals surface area (Å²) in [7, 11) is 0. The van der Waals surface area contributed by atoms with E-state index in [9.17, 15) is 24.8 Å². The predicted molar refractivity (Wildman–Crippen MR) is 77.0 cm³/mol. The summed E-state index contributed by atoms with van der Waals surface area (Å²) in [5.74, 6) is -1.51. The van der Waals surface area contributed by atoms with E-state index in [0.29, 0.717) is 0 Å². The largest absolute Gasteiger partial charge is 0.480 e. The molecule has 8 nitrogen and oxygen atoms in total. The van der Waals surface area contributed by atoms with Gasteiger partial charge in [0.2, 0.25) is 0 Å². The molecule has 0 spiro atoms. The zero-order valence-corrected chi connectivity index (χ0v) is 12.4. The smallest absolute Gasteiger partial charge is 0.326 e. The van der Waals surface area contributed by atoms with Crippen molar-refractivity contribution in [1.29, 1.82) is 0 Å². The SMILES string of the molecule is CCC(C(=O)O)N1C(=O)C(C)(C)Oc2cc([N+](=O)[O-])ccc21. The van der Waals surface area contributed by atoms with Crippen LogP contribution in [0, 0.1) is 10.1 Å². The Morgan fingerprint density at radius 2 is 2.14 bits per heavy atom. The number of anilines is 1. The van der Waals surface area contributed by atoms with Crippen molar-refractivity contribution in [2.75, 3.05) is 4.90 Å². The van der Waals surface area contributed by atoms with E-state index in [1.165, 1.54) is 32.0 Å². The molecule has 1 atom stereocenters. The number of nitro groups is 1. The fourth-order valence-electron chi connectivity index (χ4n) is 2.39. The van der Waals surface area contributed by atoms with Gasteiger partial charge in [-0.3, -0.25) is 19.8 Å². The number of hydrogen-bond acceptors (Lipinski definition) is 5. The summed E-state index contributed by atoms with van der Waals surface area (Å²) in [5.41, 5.74) is -1.26. The van der Waals surface area contributed by atoms with Gasteiger partial charge in [-0.05, 0) is 26.3 Å². The molecule has 1 amide bonds. The van der Waals surface area contributed by atoms with Crippen LogP contribution in [0.2, 0.25) is 0 Å². The maximum Gasteiger partial charge on any atom is 0.326 e. The second-order valence-electron chi connectivity index (χ2n) is 5.46. The van der Waals surface area contributed by atoms with Gasteiger partial charge in [0.1, 0.15) is 6.04 Å². The Morgan fingerprint density at radius 3 is 2.64 bits per heavy atom. The topological polar surface area (TPSA) is 110 Å². The highest BCUT2D eigenvalue weighted by atomic mass is 16.6. The van der Waals surface area contributed by atoms with Gasteiger partial charge in [0.15, 0.2) is 11.4 Å². The number of ether oxygens (including phenoxy) is 1. The fraction of sp³-hybridized carbons (Fsp3) is 0.429. The van der Waals surface area contributed by atoms with Crippen molar-refractivity contribution in [3.8, 4) is 5.75 Å². The van der Waals surface area contributed by atoms with E-state index in [4.69, 9.17) is 4.74 Å². The molecule has 0 saturated carbocycles. The van der Waals surface area contributed by atoms with Crippen LogP contribution in [-0.4, -0.2) is 33.5 Å². The number of carbonyl (C=O) groups excluding carboxylic acids is 1. The van der Waals surface area contributed by atoms with Crippen molar-refractivity contribution in [2.24, 2.45) is 0 Å². The highest BCUT2D eigenvalue weighted by Crippen LogP contribution is 2.41. The quantitative estimate of drug-likeness (QED) is 0.672. The first kappa shape index (κ1) is 15.7. The zero-order chi connectivity index (χ0) is 16.7. The molecule has 0 radical (unpaired) electrons. The minimum Gasteiger partial charge on any atom is -0.480 e. The summed E-state index contributed by atoms with van der Waals surface area (Å²) in [5, 5.41) is 20.2. The molecular formula is C14H16N2O6. The number of carboxylic acid groups (broad SMARTS) is 1. The molecule has 0 saturated heterocycles. The Hall–Kier alpha value is -2.64. The summed E-state index contributed by atoms with van der Waals surface area (Å²) in [4.78, 5) is 35.4. The summed E-state index contributed by atoms with van der Waals surface area (Å²) in [6.45, 7) is 4.65. The third-order valence-electron chi connectivity index (χ3n) is 3.50. The number of fused-ring (bicyclic) bond motifs is 1. The Labute approximate surface area is 126 Å². The van der Waals surface area contributed by atoms with E-state index in [1.807, 2.05) is 0 Å². The van der Waals surface area contributed by atoms with Crippen LogP contribution in [0.4, 0.5) is 11.4 Å². The van der Waals surface area contributed by atoms with Crippen LogP contribution in [0.5, 0.6) is 5.75 Å². The van der Waals surface area contributed by atoms with Gasteiger partial charge in [0, 0.05) is 6.07 Å². The van der Waals surface area contributed by atoms with E-state index in [1.54, 1.807) is 6.92 Å². The van der Waals surface area contributed by atoms with Crippen LogP contribution < -0.4 is 9.64 Å². The monoisotopic (exact) mass is 308 g/mol. The first-order valence-electron chi connectivity index (χ1n) is 6.73. The number of hydrogen-bond donors (Lipinski definition) is 1. The van der Waals surface area contributed by atoms with Crippen molar-refractivity contribution in [2.45, 2.75) is 38.8 Å². The average molecular weight is 308 g/mol. The Morgan fingerprint density at radius 1 is 1.50 bits per heavy atom. The molecule has 0 aromatic heterocycles. The number of aliphatic carboxylic acids is 1. The first-order chi connectivity index (χ1) is 10.2. The molecule has 1 aromatic carbocycles. The molecular weight excluding hydrogens is 292 g/mol. The van der Waals surface area contributed by atoms with Crippen LogP contribution in [0.1, 0.15) is 27.2 Å². The van der Waals surface area contributed by atoms with Gasteiger partial charge in [-0.25, -0.2) is 4.79 Å². The van der Waals surface area contributed by atoms with Gasteiger partial charge in [0.25, 0.3) is 11.6 Å². The number of carboxylic acids is 1. The number of benzene rings is 1. The highest BCUT2D eigenvalue weighted by molar-refractivity contribution is 6.06. The average Bonchev–Trinajstić information content (AvgIpc) is 2.42. The second kappa shape index (κ2) is 5.28. The lowest BCUT2D eigenvalue weighted by Gasteiger charge is -2.40. The van der Waals surface area contributed by atoms with Crippen LogP contribution in [0.3, 0.4) is 0 Å². The van der Waals surface area contributed by atoms with Crippen LogP contribution >= 0.6 is 0 Å². The van der Waals surface area contributed by atoms with Crippen LogP contribution in [0.15, 0.2) is 18.2 Å². The number of rotatable bonds is 4. The van der Waals surface area contributed by atoms with E-state index in [2.05, 4.69) is 0 Å². The number of nitrogens with zero attached hydrogens (tertiary/aromatic N) is 2. The van der Waals surface area contributed by atoms with Gasteiger partial charge in [-0.2, -0.15) is 0 Å². The van der Waals surface area contributed by atoms with E-state index < -0.39 is 28.4 Å². The molecule has 1 aliphatic rings. The molecule has 118 valence electrons. The summed E-state index contributed by atoms with van der Waals surface area (Å²) >= 11 is 0. The van der Waals surface area contributed by atoms with E-state index in [-0.39, 0.29) is 23.5 Å². The normalized spacial score (nSPS) is 17.4. The molecule has 1 N–H and O–H groups in total. The molecule has 1 heterocycles. The minimum absolute atomic E-state index is 0.124.